The Morgan fingerprint density at radius 1 is 1.30 bits per heavy atom. The highest BCUT2D eigenvalue weighted by atomic mass is 32.1. The van der Waals surface area contributed by atoms with Crippen LogP contribution in [0.15, 0.2) is 51.0 Å². The van der Waals surface area contributed by atoms with E-state index >= 15 is 0 Å². The Bertz CT molecular complexity index is 756. The first-order valence-corrected chi connectivity index (χ1v) is 8.41. The predicted octanol–water partition coefficient (Wildman–Crippen LogP) is 4.44. The molecule has 0 aliphatic carbocycles. The molecule has 23 heavy (non-hydrogen) atoms. The van der Waals surface area contributed by atoms with Crippen LogP contribution in [0.5, 0.6) is 0 Å². The van der Waals surface area contributed by atoms with Crippen LogP contribution in [0.4, 0.5) is 0 Å². The minimum Gasteiger partial charge on any atom is -0.472 e. The molecule has 4 nitrogen and oxygen atoms in total. The lowest BCUT2D eigenvalue weighted by Crippen LogP contribution is -2.32. The molecule has 3 heterocycles. The van der Waals surface area contributed by atoms with E-state index in [9.17, 15) is 4.79 Å². The average Bonchev–Trinajstić information content (AvgIpc) is 3.25. The zero-order valence-corrected chi connectivity index (χ0v) is 14.1. The van der Waals surface area contributed by atoms with E-state index in [1.54, 1.807) is 23.9 Å². The third-order valence-corrected chi connectivity index (χ3v) is 4.66. The first-order chi connectivity index (χ1) is 11.1. The summed E-state index contributed by atoms with van der Waals surface area (Å²) in [7, 11) is 0. The monoisotopic (exact) mass is 329 g/mol. The van der Waals surface area contributed by atoms with Crippen LogP contribution in [-0.4, -0.2) is 17.4 Å². The zero-order chi connectivity index (χ0) is 16.2. The fourth-order valence-corrected chi connectivity index (χ4v) is 3.27. The van der Waals surface area contributed by atoms with Gasteiger partial charge in [0.05, 0.1) is 18.1 Å². The van der Waals surface area contributed by atoms with E-state index in [0.29, 0.717) is 24.4 Å². The second kappa shape index (κ2) is 6.87. The standard InChI is InChI=1S/C18H19NO3S/c1-13-10-17(14(2)22-13)18(20)19(11-15-6-8-21-12-15)7-5-16-4-3-9-23-16/h3-4,6,8-10,12H,5,7,11H2,1-2H3. The summed E-state index contributed by atoms with van der Waals surface area (Å²) in [6.45, 7) is 4.88. The Hall–Kier alpha value is -2.27. The summed E-state index contributed by atoms with van der Waals surface area (Å²) in [5.74, 6) is 1.42. The zero-order valence-electron chi connectivity index (χ0n) is 13.2. The van der Waals surface area contributed by atoms with Gasteiger partial charge < -0.3 is 13.7 Å². The van der Waals surface area contributed by atoms with Gasteiger partial charge in [0.2, 0.25) is 0 Å². The van der Waals surface area contributed by atoms with Gasteiger partial charge in [0, 0.05) is 23.5 Å². The van der Waals surface area contributed by atoms with Crippen LogP contribution in [0, 0.1) is 13.8 Å². The lowest BCUT2D eigenvalue weighted by Gasteiger charge is -2.21. The second-order valence-electron chi connectivity index (χ2n) is 5.51. The van der Waals surface area contributed by atoms with Gasteiger partial charge in [-0.2, -0.15) is 0 Å². The van der Waals surface area contributed by atoms with E-state index in [2.05, 4.69) is 11.4 Å². The highest BCUT2D eigenvalue weighted by Gasteiger charge is 2.21. The fraction of sp³-hybridized carbons (Fsp3) is 0.278. The number of aryl methyl sites for hydroxylation is 2. The van der Waals surface area contributed by atoms with Crippen molar-refractivity contribution in [2.45, 2.75) is 26.8 Å². The summed E-state index contributed by atoms with van der Waals surface area (Å²) >= 11 is 1.71. The third-order valence-electron chi connectivity index (χ3n) is 3.72. The second-order valence-corrected chi connectivity index (χ2v) is 6.55. The number of furan rings is 2. The van der Waals surface area contributed by atoms with Crippen LogP contribution < -0.4 is 0 Å². The Labute approximate surface area is 139 Å². The van der Waals surface area contributed by atoms with Crippen molar-refractivity contribution >= 4 is 17.2 Å². The minimum atomic E-state index is -0.00268. The van der Waals surface area contributed by atoms with Gasteiger partial charge in [-0.1, -0.05) is 6.07 Å². The molecule has 0 atom stereocenters. The number of amides is 1. The van der Waals surface area contributed by atoms with E-state index in [4.69, 9.17) is 8.83 Å². The first kappa shape index (κ1) is 15.6. The quantitative estimate of drug-likeness (QED) is 0.672. The van der Waals surface area contributed by atoms with Crippen LogP contribution in [0.2, 0.25) is 0 Å². The van der Waals surface area contributed by atoms with Crippen molar-refractivity contribution in [2.24, 2.45) is 0 Å². The highest BCUT2D eigenvalue weighted by molar-refractivity contribution is 7.09. The van der Waals surface area contributed by atoms with E-state index < -0.39 is 0 Å². The first-order valence-electron chi connectivity index (χ1n) is 7.53. The predicted molar refractivity (Wildman–Crippen MR) is 89.7 cm³/mol. The van der Waals surface area contributed by atoms with Crippen LogP contribution in [0.25, 0.3) is 0 Å². The van der Waals surface area contributed by atoms with Crippen LogP contribution in [0.1, 0.15) is 32.3 Å². The highest BCUT2D eigenvalue weighted by Crippen LogP contribution is 2.19. The van der Waals surface area contributed by atoms with E-state index in [1.807, 2.05) is 36.9 Å². The molecule has 3 rings (SSSR count). The molecular weight excluding hydrogens is 310 g/mol. The molecule has 0 radical (unpaired) electrons. The molecule has 0 saturated heterocycles. The molecule has 0 aliphatic heterocycles. The molecule has 0 aromatic carbocycles. The normalized spacial score (nSPS) is 10.9. The van der Waals surface area contributed by atoms with E-state index in [-0.39, 0.29) is 5.91 Å². The Morgan fingerprint density at radius 3 is 2.78 bits per heavy atom. The fourth-order valence-electron chi connectivity index (χ4n) is 2.57. The molecule has 0 N–H and O–H groups in total. The summed E-state index contributed by atoms with van der Waals surface area (Å²) in [6, 6.07) is 7.83. The minimum absolute atomic E-state index is 0.00268. The van der Waals surface area contributed by atoms with Gasteiger partial charge in [0.1, 0.15) is 11.5 Å². The van der Waals surface area contributed by atoms with Crippen molar-refractivity contribution in [2.75, 3.05) is 6.54 Å². The molecule has 3 aromatic heterocycles. The van der Waals surface area contributed by atoms with Crippen molar-refractivity contribution in [3.05, 3.63) is 69.7 Å². The lowest BCUT2D eigenvalue weighted by atomic mass is 10.2. The van der Waals surface area contributed by atoms with Gasteiger partial charge in [-0.15, -0.1) is 11.3 Å². The van der Waals surface area contributed by atoms with Crippen LogP contribution >= 0.6 is 11.3 Å². The Morgan fingerprint density at radius 2 is 2.17 bits per heavy atom. The van der Waals surface area contributed by atoms with Gasteiger partial charge in [0.15, 0.2) is 0 Å². The van der Waals surface area contributed by atoms with E-state index in [1.165, 1.54) is 4.88 Å². The number of hydrogen-bond donors (Lipinski definition) is 0. The number of nitrogens with zero attached hydrogens (tertiary/aromatic N) is 1. The Kier molecular flexibility index (Phi) is 4.67. The van der Waals surface area contributed by atoms with Crippen molar-refractivity contribution in [3.8, 4) is 0 Å². The van der Waals surface area contributed by atoms with Crippen molar-refractivity contribution < 1.29 is 13.6 Å². The maximum atomic E-state index is 12.9. The molecule has 0 unspecified atom stereocenters. The molecule has 0 bridgehead atoms. The average molecular weight is 329 g/mol. The van der Waals surface area contributed by atoms with Gasteiger partial charge in [-0.25, -0.2) is 0 Å². The number of rotatable bonds is 6. The summed E-state index contributed by atoms with van der Waals surface area (Å²) in [4.78, 5) is 16.0. The van der Waals surface area contributed by atoms with Gasteiger partial charge in [-0.3, -0.25) is 4.79 Å². The van der Waals surface area contributed by atoms with Gasteiger partial charge in [-0.05, 0) is 43.8 Å². The molecule has 5 heteroatoms. The topological polar surface area (TPSA) is 46.6 Å². The molecule has 120 valence electrons. The summed E-state index contributed by atoms with van der Waals surface area (Å²) in [6.07, 6.45) is 4.15. The van der Waals surface area contributed by atoms with Crippen molar-refractivity contribution in [1.82, 2.24) is 4.90 Å². The Balaban J connectivity index is 1.78. The van der Waals surface area contributed by atoms with Gasteiger partial charge >= 0.3 is 0 Å². The van der Waals surface area contributed by atoms with Gasteiger partial charge in [0.25, 0.3) is 5.91 Å². The smallest absolute Gasteiger partial charge is 0.257 e. The number of carbonyl (C=O) groups is 1. The van der Waals surface area contributed by atoms with Crippen LogP contribution in [-0.2, 0) is 13.0 Å². The summed E-state index contributed by atoms with van der Waals surface area (Å²) < 4.78 is 10.6. The lowest BCUT2D eigenvalue weighted by molar-refractivity contribution is 0.0743. The molecule has 1 amide bonds. The van der Waals surface area contributed by atoms with Crippen molar-refractivity contribution in [3.63, 3.8) is 0 Å². The number of carbonyl (C=O) groups excluding carboxylic acids is 1. The molecular formula is C18H19NO3S. The largest absolute Gasteiger partial charge is 0.472 e. The summed E-state index contributed by atoms with van der Waals surface area (Å²) in [5, 5.41) is 2.06. The number of thiophene rings is 1. The molecule has 3 aromatic rings. The maximum absolute atomic E-state index is 12.9. The molecule has 0 aliphatic rings. The van der Waals surface area contributed by atoms with Crippen molar-refractivity contribution in [1.29, 1.82) is 0 Å². The maximum Gasteiger partial charge on any atom is 0.257 e. The van der Waals surface area contributed by atoms with Crippen LogP contribution in [0.3, 0.4) is 0 Å². The molecule has 0 saturated carbocycles. The molecule has 0 fully saturated rings. The number of hydrogen-bond acceptors (Lipinski definition) is 4. The SMILES string of the molecule is Cc1cc(C(=O)N(CCc2cccs2)Cc2ccoc2)c(C)o1. The summed E-state index contributed by atoms with van der Waals surface area (Å²) in [5.41, 5.74) is 1.62. The molecule has 0 spiro atoms. The third kappa shape index (κ3) is 3.74. The van der Waals surface area contributed by atoms with E-state index in [0.717, 1.165) is 17.7 Å².